The average Bonchev–Trinajstić information content (AvgIpc) is 3.00. The second-order valence-corrected chi connectivity index (χ2v) is 11.8. The molecule has 5 rings (SSSR count). The van der Waals surface area contributed by atoms with Gasteiger partial charge in [-0.05, 0) is 60.2 Å². The molecule has 2 N–H and O–H groups in total. The summed E-state index contributed by atoms with van der Waals surface area (Å²) in [5.41, 5.74) is 1.76. The number of nitrogens with one attached hydrogen (secondary N) is 2. The summed E-state index contributed by atoms with van der Waals surface area (Å²) in [6.45, 7) is -0.125. The van der Waals surface area contributed by atoms with E-state index in [9.17, 15) is 18.0 Å². The highest BCUT2D eigenvalue weighted by Gasteiger charge is 2.34. The highest BCUT2D eigenvalue weighted by atomic mass is 35.5. The van der Waals surface area contributed by atoms with Crippen molar-refractivity contribution in [2.75, 3.05) is 22.8 Å². The van der Waals surface area contributed by atoms with Gasteiger partial charge in [0.25, 0.3) is 21.8 Å². The number of hydrogen-bond donors (Lipinski definition) is 2. The van der Waals surface area contributed by atoms with Gasteiger partial charge in [-0.1, -0.05) is 65.7 Å². The maximum Gasteiger partial charge on any atom is 0.265 e. The van der Waals surface area contributed by atoms with Gasteiger partial charge in [-0.2, -0.15) is 0 Å². The van der Waals surface area contributed by atoms with Crippen LogP contribution in [0.25, 0.3) is 0 Å². The highest BCUT2D eigenvalue weighted by Crippen LogP contribution is 2.34. The van der Waals surface area contributed by atoms with Crippen LogP contribution >= 0.6 is 23.2 Å². The van der Waals surface area contributed by atoms with Gasteiger partial charge in [0, 0.05) is 17.3 Å². The number of sulfonamides is 1. The van der Waals surface area contributed by atoms with Crippen LogP contribution in [0.4, 0.5) is 11.4 Å². The largest absolute Gasteiger partial charge is 0.482 e. The third-order valence-electron chi connectivity index (χ3n) is 6.34. The van der Waals surface area contributed by atoms with Gasteiger partial charge in [0.1, 0.15) is 11.5 Å². The fourth-order valence-corrected chi connectivity index (χ4v) is 5.73. The number of amides is 2. The van der Waals surface area contributed by atoms with Gasteiger partial charge in [0.05, 0.1) is 22.2 Å². The molecule has 4 aromatic carbocycles. The molecule has 2 amide bonds. The van der Waals surface area contributed by atoms with E-state index >= 15 is 0 Å². The lowest BCUT2D eigenvalue weighted by Crippen LogP contribution is -2.51. The van der Waals surface area contributed by atoms with Crippen LogP contribution in [0.3, 0.4) is 0 Å². The molecule has 0 unspecified atom stereocenters. The third-order valence-corrected chi connectivity index (χ3v) is 8.26. The maximum absolute atomic E-state index is 13.3. The predicted octanol–water partition coefficient (Wildman–Crippen LogP) is 5.28. The Kier molecular flexibility index (Phi) is 8.86. The van der Waals surface area contributed by atoms with Crippen LogP contribution in [-0.4, -0.2) is 39.5 Å². The summed E-state index contributed by atoms with van der Waals surface area (Å²) in [5, 5.41) is 3.32. The van der Waals surface area contributed by atoms with Crippen molar-refractivity contribution in [2.45, 2.75) is 17.5 Å². The molecule has 216 valence electrons. The van der Waals surface area contributed by atoms with Crippen molar-refractivity contribution in [1.82, 2.24) is 5.32 Å². The SMILES string of the molecule is O=C(NCc1ccccc1)[C@H]1CN(C(=O)COc2ccc(S(=O)(=O)Nc3ccc(Cl)cc3)cc2Cl)c2ccccc2O1. The Morgan fingerprint density at radius 1 is 0.929 bits per heavy atom. The predicted molar refractivity (Wildman–Crippen MR) is 161 cm³/mol. The van der Waals surface area contributed by atoms with Crippen molar-refractivity contribution in [3.8, 4) is 11.5 Å². The van der Waals surface area contributed by atoms with Gasteiger partial charge in [-0.15, -0.1) is 0 Å². The number of hydrogen-bond acceptors (Lipinski definition) is 6. The number of para-hydroxylation sites is 2. The molecule has 0 spiro atoms. The molecule has 1 atom stereocenters. The zero-order valence-corrected chi connectivity index (χ0v) is 24.3. The maximum atomic E-state index is 13.3. The van der Waals surface area contributed by atoms with Gasteiger partial charge >= 0.3 is 0 Å². The molecule has 0 saturated carbocycles. The number of nitrogens with zero attached hydrogens (tertiary/aromatic N) is 1. The molecular formula is C30H25Cl2N3O6S. The van der Waals surface area contributed by atoms with E-state index in [-0.39, 0.29) is 28.1 Å². The van der Waals surface area contributed by atoms with Crippen LogP contribution in [0.2, 0.25) is 10.0 Å². The second-order valence-electron chi connectivity index (χ2n) is 9.28. The fraction of sp³-hybridized carbons (Fsp3) is 0.133. The molecular weight excluding hydrogens is 601 g/mol. The highest BCUT2D eigenvalue weighted by molar-refractivity contribution is 7.92. The number of rotatable bonds is 9. The molecule has 0 saturated heterocycles. The van der Waals surface area contributed by atoms with Crippen LogP contribution in [0.15, 0.2) is 102 Å². The van der Waals surface area contributed by atoms with Crippen molar-refractivity contribution in [3.05, 3.63) is 113 Å². The molecule has 4 aromatic rings. The summed E-state index contributed by atoms with van der Waals surface area (Å²) in [5.74, 6) is -0.296. The van der Waals surface area contributed by atoms with E-state index < -0.39 is 28.6 Å². The Hall–Kier alpha value is -4.25. The Bertz CT molecular complexity index is 1700. The Morgan fingerprint density at radius 2 is 1.64 bits per heavy atom. The standard InChI is InChI=1S/C30H25Cl2N3O6S/c31-21-10-12-22(13-11-21)34-42(38,39)23-14-15-26(24(32)16-23)40-19-29(36)35-18-28(41-27-9-5-4-8-25(27)35)30(37)33-17-20-6-2-1-3-7-20/h1-16,28,34H,17-19H2,(H,33,37)/t28-/m1/s1. The zero-order chi connectivity index (χ0) is 29.7. The molecule has 1 aliphatic rings. The molecule has 12 heteroatoms. The Morgan fingerprint density at radius 3 is 2.38 bits per heavy atom. The third kappa shape index (κ3) is 6.96. The molecule has 1 heterocycles. The lowest BCUT2D eigenvalue weighted by molar-refractivity contribution is -0.128. The van der Waals surface area contributed by atoms with Crippen LogP contribution < -0.4 is 24.4 Å². The Balaban J connectivity index is 1.24. The van der Waals surface area contributed by atoms with Crippen LogP contribution in [0, 0.1) is 0 Å². The first kappa shape index (κ1) is 29.2. The number of halogens is 2. The van der Waals surface area contributed by atoms with Crippen molar-refractivity contribution < 1.29 is 27.5 Å². The van der Waals surface area contributed by atoms with E-state index in [0.717, 1.165) is 5.56 Å². The van der Waals surface area contributed by atoms with Gasteiger partial charge in [0.2, 0.25) is 0 Å². The first-order valence-corrected chi connectivity index (χ1v) is 15.0. The number of benzene rings is 4. The number of carbonyl (C=O) groups excluding carboxylic acids is 2. The molecule has 0 bridgehead atoms. The summed E-state index contributed by atoms with van der Waals surface area (Å²) in [4.78, 5) is 27.6. The minimum Gasteiger partial charge on any atom is -0.482 e. The van der Waals surface area contributed by atoms with E-state index in [0.29, 0.717) is 28.7 Å². The number of carbonyl (C=O) groups is 2. The van der Waals surface area contributed by atoms with Crippen LogP contribution in [0.1, 0.15) is 5.56 Å². The first-order valence-electron chi connectivity index (χ1n) is 12.8. The summed E-state index contributed by atoms with van der Waals surface area (Å²) < 4.78 is 39.6. The van der Waals surface area contributed by atoms with E-state index in [1.165, 1.54) is 35.2 Å². The van der Waals surface area contributed by atoms with Crippen molar-refractivity contribution in [1.29, 1.82) is 0 Å². The molecule has 0 aliphatic carbocycles. The number of ether oxygens (including phenoxy) is 2. The summed E-state index contributed by atoms with van der Waals surface area (Å²) in [6.07, 6.45) is -0.936. The summed E-state index contributed by atoms with van der Waals surface area (Å²) in [6, 6.07) is 26.5. The minimum absolute atomic E-state index is 0.00215. The van der Waals surface area contributed by atoms with Crippen molar-refractivity contribution in [2.24, 2.45) is 0 Å². The average molecular weight is 627 g/mol. The molecule has 1 aliphatic heterocycles. The quantitative estimate of drug-likeness (QED) is 0.261. The summed E-state index contributed by atoms with van der Waals surface area (Å²) in [7, 11) is -3.94. The van der Waals surface area contributed by atoms with E-state index in [1.807, 2.05) is 30.3 Å². The van der Waals surface area contributed by atoms with E-state index in [2.05, 4.69) is 10.0 Å². The minimum atomic E-state index is -3.94. The fourth-order valence-electron chi connectivity index (χ4n) is 4.22. The van der Waals surface area contributed by atoms with E-state index in [1.54, 1.807) is 36.4 Å². The van der Waals surface area contributed by atoms with E-state index in [4.69, 9.17) is 32.7 Å². The first-order chi connectivity index (χ1) is 20.2. The lowest BCUT2D eigenvalue weighted by Gasteiger charge is -2.34. The number of fused-ring (bicyclic) bond motifs is 1. The van der Waals surface area contributed by atoms with Crippen LogP contribution in [0.5, 0.6) is 11.5 Å². The number of anilines is 2. The second kappa shape index (κ2) is 12.7. The van der Waals surface area contributed by atoms with Gasteiger partial charge < -0.3 is 19.7 Å². The molecule has 42 heavy (non-hydrogen) atoms. The van der Waals surface area contributed by atoms with Gasteiger partial charge in [-0.3, -0.25) is 14.3 Å². The molecule has 0 fully saturated rings. The smallest absolute Gasteiger partial charge is 0.265 e. The van der Waals surface area contributed by atoms with Gasteiger partial charge in [0.15, 0.2) is 12.7 Å². The van der Waals surface area contributed by atoms with Crippen molar-refractivity contribution in [3.63, 3.8) is 0 Å². The Labute approximate surface area is 253 Å². The van der Waals surface area contributed by atoms with Crippen LogP contribution in [-0.2, 0) is 26.2 Å². The zero-order valence-electron chi connectivity index (χ0n) is 22.0. The topological polar surface area (TPSA) is 114 Å². The molecule has 9 nitrogen and oxygen atoms in total. The normalized spacial score (nSPS) is 14.3. The molecule has 0 radical (unpaired) electrons. The summed E-state index contributed by atoms with van der Waals surface area (Å²) >= 11 is 12.2. The van der Waals surface area contributed by atoms with Crippen molar-refractivity contribution >= 4 is 56.4 Å². The molecule has 0 aromatic heterocycles. The lowest BCUT2D eigenvalue weighted by atomic mass is 10.1. The monoisotopic (exact) mass is 625 g/mol. The van der Waals surface area contributed by atoms with Gasteiger partial charge in [-0.25, -0.2) is 8.42 Å².